The van der Waals surface area contributed by atoms with Gasteiger partial charge in [-0.3, -0.25) is 14.9 Å². The highest BCUT2D eigenvalue weighted by Gasteiger charge is 2.24. The average Bonchev–Trinajstić information content (AvgIpc) is 2.55. The smallest absolute Gasteiger partial charge is 0.282 e. The third-order valence-electron chi connectivity index (χ3n) is 4.12. The molecule has 7 heteroatoms. The fourth-order valence-corrected chi connectivity index (χ4v) is 2.90. The van der Waals surface area contributed by atoms with E-state index >= 15 is 0 Å². The SMILES string of the molecule is CCCN(C)Cc1ccc([N+](=O)[O-])c(C(=O)NC2CCOCC2)c1. The summed E-state index contributed by atoms with van der Waals surface area (Å²) in [6, 6.07) is 4.79. The van der Waals surface area contributed by atoms with Crippen LogP contribution >= 0.6 is 0 Å². The summed E-state index contributed by atoms with van der Waals surface area (Å²) in [5.41, 5.74) is 0.879. The number of ether oxygens (including phenoxy) is 1. The van der Waals surface area contributed by atoms with Crippen LogP contribution in [0.3, 0.4) is 0 Å². The molecule has 0 radical (unpaired) electrons. The van der Waals surface area contributed by atoms with Crippen molar-refractivity contribution in [2.75, 3.05) is 26.8 Å². The highest BCUT2D eigenvalue weighted by molar-refractivity contribution is 5.98. The van der Waals surface area contributed by atoms with E-state index in [0.717, 1.165) is 31.4 Å². The topological polar surface area (TPSA) is 84.7 Å². The molecule has 0 bridgehead atoms. The molecule has 0 aromatic heterocycles. The molecule has 1 fully saturated rings. The normalized spacial score (nSPS) is 15.5. The first-order chi connectivity index (χ1) is 11.5. The van der Waals surface area contributed by atoms with E-state index in [1.165, 1.54) is 6.07 Å². The minimum Gasteiger partial charge on any atom is -0.381 e. The number of carbonyl (C=O) groups is 1. The molecule has 2 rings (SSSR count). The van der Waals surface area contributed by atoms with E-state index in [1.54, 1.807) is 12.1 Å². The largest absolute Gasteiger partial charge is 0.381 e. The average molecular weight is 335 g/mol. The Kier molecular flexibility index (Phi) is 6.69. The van der Waals surface area contributed by atoms with Gasteiger partial charge >= 0.3 is 0 Å². The zero-order valence-electron chi connectivity index (χ0n) is 14.3. The van der Waals surface area contributed by atoms with Gasteiger partial charge in [0, 0.05) is 31.9 Å². The van der Waals surface area contributed by atoms with Gasteiger partial charge in [0.2, 0.25) is 0 Å². The van der Waals surface area contributed by atoms with Crippen molar-refractivity contribution in [3.63, 3.8) is 0 Å². The monoisotopic (exact) mass is 335 g/mol. The van der Waals surface area contributed by atoms with Crippen LogP contribution in [-0.4, -0.2) is 48.6 Å². The number of rotatable bonds is 7. The Balaban J connectivity index is 2.17. The van der Waals surface area contributed by atoms with Gasteiger partial charge in [-0.25, -0.2) is 0 Å². The molecule has 1 aliphatic rings. The van der Waals surface area contributed by atoms with Crippen LogP contribution in [0.2, 0.25) is 0 Å². The van der Waals surface area contributed by atoms with E-state index < -0.39 is 4.92 Å². The maximum atomic E-state index is 12.5. The fraction of sp³-hybridized carbons (Fsp3) is 0.588. The molecular formula is C17H25N3O4. The summed E-state index contributed by atoms with van der Waals surface area (Å²) in [7, 11) is 1.99. The molecule has 0 saturated carbocycles. The van der Waals surface area contributed by atoms with E-state index in [-0.39, 0.29) is 23.2 Å². The standard InChI is InChI=1S/C17H25N3O4/c1-3-8-19(2)12-13-4-5-16(20(22)23)15(11-13)17(21)18-14-6-9-24-10-7-14/h4-5,11,14H,3,6-10,12H2,1-2H3,(H,18,21). The summed E-state index contributed by atoms with van der Waals surface area (Å²) in [5.74, 6) is -0.381. The number of carbonyl (C=O) groups excluding carboxylic acids is 1. The Morgan fingerprint density at radius 2 is 2.12 bits per heavy atom. The molecule has 7 nitrogen and oxygen atoms in total. The summed E-state index contributed by atoms with van der Waals surface area (Å²) in [6.45, 7) is 4.90. The first kappa shape index (κ1) is 18.4. The Labute approximate surface area is 142 Å². The minimum atomic E-state index is -0.502. The molecule has 0 atom stereocenters. The van der Waals surface area contributed by atoms with Crippen LogP contribution < -0.4 is 5.32 Å². The predicted molar refractivity (Wildman–Crippen MR) is 91.0 cm³/mol. The summed E-state index contributed by atoms with van der Waals surface area (Å²) in [6.07, 6.45) is 2.50. The zero-order chi connectivity index (χ0) is 17.5. The van der Waals surface area contributed by atoms with Crippen molar-refractivity contribution >= 4 is 11.6 Å². The first-order valence-electron chi connectivity index (χ1n) is 8.35. The van der Waals surface area contributed by atoms with Gasteiger partial charge in [0.05, 0.1) is 4.92 Å². The van der Waals surface area contributed by atoms with E-state index in [0.29, 0.717) is 19.8 Å². The zero-order valence-corrected chi connectivity index (χ0v) is 14.3. The summed E-state index contributed by atoms with van der Waals surface area (Å²) in [4.78, 5) is 25.4. The lowest BCUT2D eigenvalue weighted by Gasteiger charge is -2.23. The van der Waals surface area contributed by atoms with Crippen LogP contribution in [0.5, 0.6) is 0 Å². The quantitative estimate of drug-likeness (QED) is 0.611. The highest BCUT2D eigenvalue weighted by atomic mass is 16.6. The van der Waals surface area contributed by atoms with Crippen LogP contribution in [0.15, 0.2) is 18.2 Å². The van der Waals surface area contributed by atoms with Crippen molar-refractivity contribution in [2.45, 2.75) is 38.8 Å². The number of nitrogens with zero attached hydrogens (tertiary/aromatic N) is 2. The second kappa shape index (κ2) is 8.75. The molecular weight excluding hydrogens is 310 g/mol. The minimum absolute atomic E-state index is 0.0114. The van der Waals surface area contributed by atoms with Crippen molar-refractivity contribution in [1.82, 2.24) is 10.2 Å². The van der Waals surface area contributed by atoms with Gasteiger partial charge in [-0.05, 0) is 44.5 Å². The number of nitro benzene ring substituents is 1. The molecule has 1 heterocycles. The third-order valence-corrected chi connectivity index (χ3v) is 4.12. The van der Waals surface area contributed by atoms with E-state index in [9.17, 15) is 14.9 Å². The maximum absolute atomic E-state index is 12.5. The van der Waals surface area contributed by atoms with Crippen molar-refractivity contribution in [3.05, 3.63) is 39.4 Å². The Hall–Kier alpha value is -1.99. The number of amides is 1. The Bertz CT molecular complexity index is 585. The Morgan fingerprint density at radius 3 is 2.75 bits per heavy atom. The molecule has 0 spiro atoms. The van der Waals surface area contributed by atoms with E-state index in [2.05, 4.69) is 17.1 Å². The molecule has 24 heavy (non-hydrogen) atoms. The molecule has 0 unspecified atom stereocenters. The van der Waals surface area contributed by atoms with Crippen molar-refractivity contribution in [1.29, 1.82) is 0 Å². The summed E-state index contributed by atoms with van der Waals surface area (Å²) >= 11 is 0. The van der Waals surface area contributed by atoms with Crippen molar-refractivity contribution in [2.24, 2.45) is 0 Å². The van der Waals surface area contributed by atoms with Gasteiger partial charge in [-0.2, -0.15) is 0 Å². The fourth-order valence-electron chi connectivity index (χ4n) is 2.90. The number of nitrogens with one attached hydrogen (secondary N) is 1. The van der Waals surface area contributed by atoms with Crippen molar-refractivity contribution < 1.29 is 14.5 Å². The van der Waals surface area contributed by atoms with Crippen LogP contribution in [0, 0.1) is 10.1 Å². The lowest BCUT2D eigenvalue weighted by molar-refractivity contribution is -0.385. The number of hydrogen-bond acceptors (Lipinski definition) is 5. The molecule has 1 amide bonds. The molecule has 1 aromatic rings. The van der Waals surface area contributed by atoms with E-state index in [4.69, 9.17) is 4.74 Å². The number of benzene rings is 1. The van der Waals surface area contributed by atoms with Gasteiger partial charge in [0.25, 0.3) is 11.6 Å². The van der Waals surface area contributed by atoms with Gasteiger partial charge in [-0.1, -0.05) is 13.0 Å². The molecule has 0 aliphatic carbocycles. The highest BCUT2D eigenvalue weighted by Crippen LogP contribution is 2.21. The number of nitro groups is 1. The summed E-state index contributed by atoms with van der Waals surface area (Å²) < 4.78 is 5.27. The van der Waals surface area contributed by atoms with Gasteiger partial charge < -0.3 is 15.0 Å². The number of hydrogen-bond donors (Lipinski definition) is 1. The second-order valence-electron chi connectivity index (χ2n) is 6.21. The molecule has 1 saturated heterocycles. The first-order valence-corrected chi connectivity index (χ1v) is 8.35. The molecule has 1 aromatic carbocycles. The van der Waals surface area contributed by atoms with Crippen LogP contribution in [0.4, 0.5) is 5.69 Å². The van der Waals surface area contributed by atoms with E-state index in [1.807, 2.05) is 7.05 Å². The second-order valence-corrected chi connectivity index (χ2v) is 6.21. The van der Waals surface area contributed by atoms with Crippen molar-refractivity contribution in [3.8, 4) is 0 Å². The predicted octanol–water partition coefficient (Wildman–Crippen LogP) is 2.35. The molecule has 1 N–H and O–H groups in total. The lowest BCUT2D eigenvalue weighted by atomic mass is 10.0. The van der Waals surface area contributed by atoms with Gasteiger partial charge in [0.15, 0.2) is 0 Å². The molecule has 132 valence electrons. The van der Waals surface area contributed by atoms with Gasteiger partial charge in [0.1, 0.15) is 5.56 Å². The Morgan fingerprint density at radius 1 is 1.42 bits per heavy atom. The van der Waals surface area contributed by atoms with Crippen LogP contribution in [-0.2, 0) is 11.3 Å². The molecule has 1 aliphatic heterocycles. The van der Waals surface area contributed by atoms with Crippen LogP contribution in [0.1, 0.15) is 42.1 Å². The lowest BCUT2D eigenvalue weighted by Crippen LogP contribution is -2.39. The van der Waals surface area contributed by atoms with Gasteiger partial charge in [-0.15, -0.1) is 0 Å². The summed E-state index contributed by atoms with van der Waals surface area (Å²) in [5, 5.41) is 14.1. The maximum Gasteiger partial charge on any atom is 0.282 e. The van der Waals surface area contributed by atoms with Crippen LogP contribution in [0.25, 0.3) is 0 Å². The third kappa shape index (κ3) is 5.01.